The number of isocyanates is 1. The topological polar surface area (TPSA) is 38.7 Å². The van der Waals surface area contributed by atoms with E-state index >= 15 is 0 Å². The Bertz CT molecular complexity index is 423. The normalized spacial score (nSPS) is 16.3. The molecule has 84 valence electrons. The summed E-state index contributed by atoms with van der Waals surface area (Å²) in [5, 5.41) is 0. The van der Waals surface area contributed by atoms with Gasteiger partial charge in [-0.05, 0) is 25.0 Å². The first-order chi connectivity index (χ1) is 7.74. The highest BCUT2D eigenvalue weighted by Crippen LogP contribution is 2.42. The molecule has 1 fully saturated rings. The predicted octanol–water partition coefficient (Wildman–Crippen LogP) is 2.46. The highest BCUT2D eigenvalue weighted by atomic mass is 19.1. The second kappa shape index (κ2) is 4.45. The highest BCUT2D eigenvalue weighted by molar-refractivity contribution is 5.36. The molecule has 0 spiro atoms. The van der Waals surface area contributed by atoms with Crippen molar-refractivity contribution in [1.29, 1.82) is 0 Å². The smallest absolute Gasteiger partial charge is 0.235 e. The molecule has 1 aromatic rings. The van der Waals surface area contributed by atoms with Crippen molar-refractivity contribution in [1.82, 2.24) is 0 Å². The fourth-order valence-electron chi connectivity index (χ4n) is 1.57. The number of hydrogen-bond acceptors (Lipinski definition) is 3. The second-order valence-corrected chi connectivity index (χ2v) is 3.98. The number of nitrogens with zero attached hydrogens (tertiary/aromatic N) is 1. The van der Waals surface area contributed by atoms with Gasteiger partial charge < -0.3 is 4.74 Å². The van der Waals surface area contributed by atoms with Gasteiger partial charge in [0.2, 0.25) is 6.08 Å². The van der Waals surface area contributed by atoms with Crippen LogP contribution in [0.4, 0.5) is 4.39 Å². The van der Waals surface area contributed by atoms with Gasteiger partial charge in [-0.2, -0.15) is 4.99 Å². The minimum Gasteiger partial charge on any atom is -0.493 e. The van der Waals surface area contributed by atoms with Crippen LogP contribution in [-0.4, -0.2) is 18.2 Å². The zero-order valence-electron chi connectivity index (χ0n) is 8.78. The number of rotatable bonds is 5. The third kappa shape index (κ3) is 2.67. The summed E-state index contributed by atoms with van der Waals surface area (Å²) in [6.07, 6.45) is 4.09. The minimum absolute atomic E-state index is 0.241. The molecule has 1 aliphatic carbocycles. The Labute approximate surface area is 93.0 Å². The zero-order valence-corrected chi connectivity index (χ0v) is 8.78. The van der Waals surface area contributed by atoms with Crippen LogP contribution in [0, 0.1) is 5.82 Å². The lowest BCUT2D eigenvalue weighted by Gasteiger charge is -2.09. The van der Waals surface area contributed by atoms with Gasteiger partial charge in [0.1, 0.15) is 11.6 Å². The quantitative estimate of drug-likeness (QED) is 0.566. The van der Waals surface area contributed by atoms with Crippen LogP contribution in [0.1, 0.15) is 19.3 Å². The van der Waals surface area contributed by atoms with Gasteiger partial charge in [0, 0.05) is 12.5 Å². The summed E-state index contributed by atoms with van der Waals surface area (Å²) in [5.41, 5.74) is -0.241. The molecular weight excluding hydrogens is 209 g/mol. The van der Waals surface area contributed by atoms with Crippen molar-refractivity contribution in [2.45, 2.75) is 24.8 Å². The Balaban J connectivity index is 1.82. The van der Waals surface area contributed by atoms with Crippen LogP contribution in [0.15, 0.2) is 29.3 Å². The molecule has 4 heteroatoms. The van der Waals surface area contributed by atoms with Crippen LogP contribution in [0.3, 0.4) is 0 Å². The summed E-state index contributed by atoms with van der Waals surface area (Å²) in [4.78, 5) is 13.9. The average Bonchev–Trinajstić information content (AvgIpc) is 2.99. The Morgan fingerprint density at radius 3 is 2.94 bits per heavy atom. The minimum atomic E-state index is -0.315. The van der Waals surface area contributed by atoms with Gasteiger partial charge in [-0.3, -0.25) is 0 Å². The van der Waals surface area contributed by atoms with Crippen molar-refractivity contribution >= 4 is 6.08 Å². The molecular formula is C12H12FNO2. The summed E-state index contributed by atoms with van der Waals surface area (Å²) in [5.74, 6) is 0.190. The van der Waals surface area contributed by atoms with Crippen LogP contribution in [0.2, 0.25) is 0 Å². The lowest BCUT2D eigenvalue weighted by Crippen LogP contribution is -2.10. The van der Waals surface area contributed by atoms with E-state index < -0.39 is 0 Å². The van der Waals surface area contributed by atoms with Gasteiger partial charge in [0.05, 0.1) is 12.1 Å². The third-order valence-electron chi connectivity index (χ3n) is 2.74. The van der Waals surface area contributed by atoms with E-state index in [0.717, 1.165) is 12.8 Å². The largest absolute Gasteiger partial charge is 0.493 e. The molecule has 0 radical (unpaired) electrons. The number of aliphatic imine (C=N–C) groups is 1. The number of benzene rings is 1. The zero-order chi connectivity index (χ0) is 11.4. The molecule has 0 saturated heterocycles. The molecule has 0 unspecified atom stereocenters. The van der Waals surface area contributed by atoms with E-state index in [2.05, 4.69) is 4.99 Å². The van der Waals surface area contributed by atoms with Crippen molar-refractivity contribution in [3.8, 4) is 5.75 Å². The van der Waals surface area contributed by atoms with Crippen LogP contribution < -0.4 is 4.74 Å². The van der Waals surface area contributed by atoms with Crippen molar-refractivity contribution in [3.05, 3.63) is 30.1 Å². The fraction of sp³-hybridized carbons (Fsp3) is 0.417. The van der Waals surface area contributed by atoms with Gasteiger partial charge in [-0.1, -0.05) is 6.07 Å². The van der Waals surface area contributed by atoms with Gasteiger partial charge in [-0.15, -0.1) is 0 Å². The van der Waals surface area contributed by atoms with E-state index in [1.807, 2.05) is 0 Å². The first kappa shape index (κ1) is 10.8. The van der Waals surface area contributed by atoms with Crippen molar-refractivity contribution < 1.29 is 13.9 Å². The molecule has 3 nitrogen and oxygen atoms in total. The van der Waals surface area contributed by atoms with Gasteiger partial charge in [0.25, 0.3) is 0 Å². The summed E-state index contributed by atoms with van der Waals surface area (Å²) in [6.45, 7) is 0.439. The predicted molar refractivity (Wildman–Crippen MR) is 56.6 cm³/mol. The fourth-order valence-corrected chi connectivity index (χ4v) is 1.57. The van der Waals surface area contributed by atoms with E-state index in [1.54, 1.807) is 18.2 Å². The molecule has 1 aliphatic rings. The van der Waals surface area contributed by atoms with Crippen molar-refractivity contribution in [2.24, 2.45) is 4.99 Å². The number of ether oxygens (including phenoxy) is 1. The monoisotopic (exact) mass is 221 g/mol. The first-order valence-corrected chi connectivity index (χ1v) is 5.22. The summed E-state index contributed by atoms with van der Waals surface area (Å²) >= 11 is 0. The van der Waals surface area contributed by atoms with Crippen LogP contribution >= 0.6 is 0 Å². The molecule has 2 rings (SSSR count). The number of halogens is 1. The summed E-state index contributed by atoms with van der Waals surface area (Å²) < 4.78 is 18.2. The van der Waals surface area contributed by atoms with E-state index in [4.69, 9.17) is 4.74 Å². The summed E-state index contributed by atoms with van der Waals surface area (Å²) in [6, 6.07) is 6.00. The molecule has 1 aromatic carbocycles. The number of carbonyl (C=O) groups excluding carboxylic acids is 1. The van der Waals surface area contributed by atoms with Gasteiger partial charge in [0.15, 0.2) is 0 Å². The third-order valence-corrected chi connectivity index (χ3v) is 2.74. The van der Waals surface area contributed by atoms with Gasteiger partial charge in [-0.25, -0.2) is 9.18 Å². The van der Waals surface area contributed by atoms with E-state index in [-0.39, 0.29) is 11.4 Å². The Morgan fingerprint density at radius 1 is 1.50 bits per heavy atom. The van der Waals surface area contributed by atoms with Crippen molar-refractivity contribution in [2.75, 3.05) is 6.61 Å². The Hall–Kier alpha value is -1.67. The lowest BCUT2D eigenvalue weighted by atomic mass is 10.2. The molecule has 0 bridgehead atoms. The maximum absolute atomic E-state index is 12.8. The number of hydrogen-bond donors (Lipinski definition) is 0. The molecule has 0 aliphatic heterocycles. The Kier molecular flexibility index (Phi) is 3.02. The maximum Gasteiger partial charge on any atom is 0.235 e. The molecule has 0 atom stereocenters. The lowest BCUT2D eigenvalue weighted by molar-refractivity contribution is 0.292. The van der Waals surface area contributed by atoms with E-state index in [9.17, 15) is 9.18 Å². The van der Waals surface area contributed by atoms with Crippen LogP contribution in [-0.2, 0) is 4.79 Å². The van der Waals surface area contributed by atoms with Crippen molar-refractivity contribution in [3.63, 3.8) is 0 Å². The Morgan fingerprint density at radius 2 is 2.31 bits per heavy atom. The second-order valence-electron chi connectivity index (χ2n) is 3.98. The molecule has 1 saturated carbocycles. The van der Waals surface area contributed by atoms with Crippen LogP contribution in [0.25, 0.3) is 0 Å². The standard InChI is InChI=1S/C12H12FNO2/c13-10-2-1-3-11(8-10)16-7-6-12(4-5-12)14-9-15/h1-3,8H,4-7H2. The van der Waals surface area contributed by atoms with E-state index in [1.165, 1.54) is 12.1 Å². The molecule has 0 heterocycles. The van der Waals surface area contributed by atoms with Crippen LogP contribution in [0.5, 0.6) is 5.75 Å². The molecule has 0 aromatic heterocycles. The highest BCUT2D eigenvalue weighted by Gasteiger charge is 2.42. The SMILES string of the molecule is O=C=NC1(CCOc2cccc(F)c2)CC1. The molecule has 16 heavy (non-hydrogen) atoms. The molecule has 0 N–H and O–H groups in total. The average molecular weight is 221 g/mol. The summed E-state index contributed by atoms with van der Waals surface area (Å²) in [7, 11) is 0. The van der Waals surface area contributed by atoms with E-state index in [0.29, 0.717) is 18.8 Å². The van der Waals surface area contributed by atoms with Gasteiger partial charge >= 0.3 is 0 Å². The first-order valence-electron chi connectivity index (χ1n) is 5.22. The molecule has 0 amide bonds. The maximum atomic E-state index is 12.8.